The minimum Gasteiger partial charge on any atom is -0.872 e. The number of likely N-dealkylation sites (tertiary alicyclic amines) is 1. The Labute approximate surface area is 217 Å². The number of carbonyl (C=O) groups is 2. The van der Waals surface area contributed by atoms with Crippen LogP contribution in [0.15, 0.2) is 48.0 Å². The van der Waals surface area contributed by atoms with Gasteiger partial charge >= 0.3 is 0 Å². The van der Waals surface area contributed by atoms with Crippen molar-refractivity contribution in [1.82, 2.24) is 4.90 Å². The van der Waals surface area contributed by atoms with Gasteiger partial charge in [0, 0.05) is 17.7 Å². The molecule has 37 heavy (non-hydrogen) atoms. The lowest BCUT2D eigenvalue weighted by Crippen LogP contribution is -3.12. The van der Waals surface area contributed by atoms with Crippen molar-refractivity contribution in [3.05, 3.63) is 74.8 Å². The van der Waals surface area contributed by atoms with Crippen molar-refractivity contribution in [2.45, 2.75) is 46.6 Å². The van der Waals surface area contributed by atoms with Crippen LogP contribution in [0.25, 0.3) is 5.76 Å². The van der Waals surface area contributed by atoms with E-state index in [0.29, 0.717) is 24.5 Å². The van der Waals surface area contributed by atoms with Crippen molar-refractivity contribution in [3.8, 4) is 5.75 Å². The molecule has 0 radical (unpaired) electrons. The van der Waals surface area contributed by atoms with Gasteiger partial charge in [0.15, 0.2) is 0 Å². The molecule has 0 aliphatic carbocycles. The lowest BCUT2D eigenvalue weighted by molar-refractivity contribution is -0.895. The number of nitrogens with one attached hydrogen (secondary N) is 1. The molecule has 1 N–H and O–H groups in total. The first kappa shape index (κ1) is 27.9. The van der Waals surface area contributed by atoms with E-state index >= 15 is 0 Å². The number of hydrogen-bond acceptors (Lipinski definition) is 6. The average Bonchev–Trinajstić information content (AvgIpc) is 3.15. The highest BCUT2D eigenvalue weighted by molar-refractivity contribution is 6.46. The first-order valence-electron chi connectivity index (χ1n) is 12.8. The highest BCUT2D eigenvalue weighted by Gasteiger charge is 2.44. The van der Waals surface area contributed by atoms with E-state index in [4.69, 9.17) is 4.74 Å². The van der Waals surface area contributed by atoms with Crippen LogP contribution in [0, 0.1) is 17.0 Å². The summed E-state index contributed by atoms with van der Waals surface area (Å²) >= 11 is 0. The summed E-state index contributed by atoms with van der Waals surface area (Å²) in [5, 5.41) is 25.1. The van der Waals surface area contributed by atoms with Crippen molar-refractivity contribution < 1.29 is 29.3 Å². The highest BCUT2D eigenvalue weighted by atomic mass is 16.6. The molecule has 2 aromatic rings. The van der Waals surface area contributed by atoms with Gasteiger partial charge in [-0.1, -0.05) is 37.3 Å². The lowest BCUT2D eigenvalue weighted by Gasteiger charge is -2.28. The third-order valence-corrected chi connectivity index (χ3v) is 6.83. The van der Waals surface area contributed by atoms with Gasteiger partial charge in [-0.25, -0.2) is 0 Å². The van der Waals surface area contributed by atoms with Crippen LogP contribution in [0.2, 0.25) is 0 Å². The van der Waals surface area contributed by atoms with E-state index in [1.54, 1.807) is 24.3 Å². The van der Waals surface area contributed by atoms with Crippen LogP contribution in [0.3, 0.4) is 0 Å². The number of benzene rings is 2. The van der Waals surface area contributed by atoms with E-state index in [-0.39, 0.29) is 23.4 Å². The Hall–Kier alpha value is -3.72. The van der Waals surface area contributed by atoms with Crippen LogP contribution in [0.5, 0.6) is 5.75 Å². The molecule has 3 rings (SSSR count). The summed E-state index contributed by atoms with van der Waals surface area (Å²) in [5.41, 5.74) is 1.02. The van der Waals surface area contributed by atoms with Gasteiger partial charge in [-0.2, -0.15) is 0 Å². The number of nitro benzene ring substituents is 1. The maximum atomic E-state index is 13.7. The quantitative estimate of drug-likeness (QED) is 0.117. The van der Waals surface area contributed by atoms with Crippen molar-refractivity contribution in [3.63, 3.8) is 0 Å². The average molecular weight is 510 g/mol. The van der Waals surface area contributed by atoms with Crippen LogP contribution in [-0.2, 0) is 9.59 Å². The van der Waals surface area contributed by atoms with Gasteiger partial charge in [-0.15, -0.1) is 0 Å². The Bertz CT molecular complexity index is 1190. The lowest BCUT2D eigenvalue weighted by atomic mass is 9.94. The van der Waals surface area contributed by atoms with Gasteiger partial charge in [-0.05, 0) is 56.0 Å². The number of carbonyl (C=O) groups excluding carboxylic acids is 2. The van der Waals surface area contributed by atoms with Crippen molar-refractivity contribution in [1.29, 1.82) is 0 Å². The van der Waals surface area contributed by atoms with E-state index in [9.17, 15) is 24.8 Å². The fraction of sp³-hybridized carbons (Fsp3) is 0.429. The van der Waals surface area contributed by atoms with Gasteiger partial charge < -0.3 is 19.6 Å². The molecule has 9 nitrogen and oxygen atoms in total. The third-order valence-electron chi connectivity index (χ3n) is 6.83. The largest absolute Gasteiger partial charge is 0.872 e. The van der Waals surface area contributed by atoms with Crippen molar-refractivity contribution in [2.75, 3.05) is 32.8 Å². The second-order valence-corrected chi connectivity index (χ2v) is 9.21. The van der Waals surface area contributed by atoms with Crippen LogP contribution < -0.4 is 14.7 Å². The number of unbranched alkanes of at least 4 members (excludes halogenated alkanes) is 1. The van der Waals surface area contributed by atoms with Crippen molar-refractivity contribution in [2.24, 2.45) is 0 Å². The molecule has 1 aliphatic rings. The smallest absolute Gasteiger partial charge is 0.295 e. The van der Waals surface area contributed by atoms with E-state index in [0.717, 1.165) is 31.5 Å². The molecular formula is C28H35N3O6. The van der Waals surface area contributed by atoms with E-state index in [2.05, 4.69) is 6.92 Å². The molecule has 1 heterocycles. The normalized spacial score (nSPS) is 17.0. The second-order valence-electron chi connectivity index (χ2n) is 9.21. The van der Waals surface area contributed by atoms with Crippen molar-refractivity contribution >= 4 is 23.1 Å². The summed E-state index contributed by atoms with van der Waals surface area (Å²) < 4.78 is 5.78. The molecule has 1 aliphatic heterocycles. The topological polar surface area (TPSA) is 117 Å². The molecule has 0 aromatic heterocycles. The number of aryl methyl sites for hydroxylation is 1. The highest BCUT2D eigenvalue weighted by Crippen LogP contribution is 2.39. The number of nitrogens with zero attached hydrogens (tertiary/aromatic N) is 2. The molecule has 0 spiro atoms. The summed E-state index contributed by atoms with van der Waals surface area (Å²) in [7, 11) is 0. The summed E-state index contributed by atoms with van der Waals surface area (Å²) in [6.45, 7) is 11.0. The molecule has 1 atom stereocenters. The molecule has 1 unspecified atom stereocenters. The van der Waals surface area contributed by atoms with Gasteiger partial charge in [0.1, 0.15) is 5.75 Å². The SMILES string of the molecule is CCCCOc1ccc(/C([O-])=C2\C(=O)C(=O)N(CC[NH+](CC)CC)C2c2cccc([N+](=O)[O-])c2)cc1C. The Morgan fingerprint density at radius 3 is 2.46 bits per heavy atom. The van der Waals surface area contributed by atoms with Gasteiger partial charge in [-0.3, -0.25) is 19.7 Å². The van der Waals surface area contributed by atoms with Crippen LogP contribution in [0.4, 0.5) is 5.69 Å². The number of hydrogen-bond donors (Lipinski definition) is 1. The first-order chi connectivity index (χ1) is 17.7. The monoisotopic (exact) mass is 509 g/mol. The number of ether oxygens (including phenoxy) is 1. The molecule has 1 saturated heterocycles. The maximum Gasteiger partial charge on any atom is 0.295 e. The second kappa shape index (κ2) is 12.5. The van der Waals surface area contributed by atoms with E-state index in [1.807, 2.05) is 20.8 Å². The predicted octanol–water partition coefficient (Wildman–Crippen LogP) is 2.23. The third kappa shape index (κ3) is 6.17. The number of likely N-dealkylation sites (N-methyl/N-ethyl adjacent to an activating group) is 1. The standard InChI is InChI=1S/C28H35N3O6/c1-5-8-16-37-23-13-12-21(17-19(23)4)26(32)24-25(20-10-9-11-22(18-20)31(35)36)30(28(34)27(24)33)15-14-29(6-2)7-3/h9-13,17-18,25,32H,5-8,14-16H2,1-4H3/b26-24+. The number of quaternary nitrogens is 1. The van der Waals surface area contributed by atoms with Gasteiger partial charge in [0.25, 0.3) is 11.6 Å². The minimum atomic E-state index is -0.997. The molecule has 198 valence electrons. The number of amides is 1. The Morgan fingerprint density at radius 1 is 1.11 bits per heavy atom. The molecule has 2 aromatic carbocycles. The molecule has 9 heteroatoms. The number of ketones is 1. The van der Waals surface area contributed by atoms with Gasteiger partial charge in [0.2, 0.25) is 5.78 Å². The zero-order valence-corrected chi connectivity index (χ0v) is 21.9. The Kier molecular flexibility index (Phi) is 9.41. The summed E-state index contributed by atoms with van der Waals surface area (Å²) in [5.74, 6) is -1.53. The number of rotatable bonds is 12. The van der Waals surface area contributed by atoms with Crippen LogP contribution in [0.1, 0.15) is 56.3 Å². The summed E-state index contributed by atoms with van der Waals surface area (Å²) in [6, 6.07) is 9.74. The van der Waals surface area contributed by atoms with E-state index < -0.39 is 28.4 Å². The number of Topliss-reactive ketones (excluding diaryl/α,β-unsaturated/α-hetero) is 1. The predicted molar refractivity (Wildman–Crippen MR) is 138 cm³/mol. The number of nitro groups is 1. The molecule has 0 saturated carbocycles. The first-order valence-corrected chi connectivity index (χ1v) is 12.8. The fourth-order valence-electron chi connectivity index (χ4n) is 4.57. The maximum absolute atomic E-state index is 13.7. The fourth-order valence-corrected chi connectivity index (χ4v) is 4.57. The van der Waals surface area contributed by atoms with Gasteiger partial charge in [0.05, 0.1) is 43.8 Å². The molecule has 1 fully saturated rings. The number of non-ortho nitro benzene ring substituents is 1. The minimum absolute atomic E-state index is 0.171. The van der Waals surface area contributed by atoms with Crippen LogP contribution in [-0.4, -0.2) is 54.3 Å². The summed E-state index contributed by atoms with van der Waals surface area (Å²) in [6.07, 6.45) is 1.90. The molecule has 1 amide bonds. The zero-order chi connectivity index (χ0) is 27.1. The molecular weight excluding hydrogens is 474 g/mol. The Balaban J connectivity index is 2.09. The van der Waals surface area contributed by atoms with E-state index in [1.165, 1.54) is 28.0 Å². The summed E-state index contributed by atoms with van der Waals surface area (Å²) in [4.78, 5) is 39.9. The zero-order valence-electron chi connectivity index (χ0n) is 21.9. The van der Waals surface area contributed by atoms with Crippen LogP contribution >= 0.6 is 0 Å². The molecule has 0 bridgehead atoms. The Morgan fingerprint density at radius 2 is 1.84 bits per heavy atom.